The third-order valence-corrected chi connectivity index (χ3v) is 1.11. The molecule has 0 aliphatic carbocycles. The van der Waals surface area contributed by atoms with Crippen molar-refractivity contribution in [3.8, 4) is 0 Å². The smallest absolute Gasteiger partial charge is 0.325 e. The van der Waals surface area contributed by atoms with Crippen molar-refractivity contribution in [3.63, 3.8) is 0 Å². The van der Waals surface area contributed by atoms with Crippen LogP contribution in [-0.4, -0.2) is 28.9 Å². The molecule has 0 aliphatic heterocycles. The lowest BCUT2D eigenvalue weighted by Crippen LogP contribution is -2.38. The largest absolute Gasteiger partial charge is 0.480 e. The number of rotatable bonds is 3. The molecule has 0 radical (unpaired) electrons. The van der Waals surface area contributed by atoms with E-state index in [4.69, 9.17) is 16.7 Å². The van der Waals surface area contributed by atoms with Crippen molar-refractivity contribution in [2.45, 2.75) is 13.0 Å². The van der Waals surface area contributed by atoms with E-state index in [0.717, 1.165) is 0 Å². The number of hydrogen-bond acceptors (Lipinski definition) is 2. The zero-order valence-electron chi connectivity index (χ0n) is 5.43. The fourth-order valence-corrected chi connectivity index (χ4v) is 0.419. The Balaban J connectivity index is 3.68. The van der Waals surface area contributed by atoms with Gasteiger partial charge in [-0.05, 0) is 6.92 Å². The van der Waals surface area contributed by atoms with Crippen LogP contribution < -0.4 is 5.32 Å². The van der Waals surface area contributed by atoms with Crippen molar-refractivity contribution >= 4 is 23.5 Å². The summed E-state index contributed by atoms with van der Waals surface area (Å²) in [6.07, 6.45) is 0. The summed E-state index contributed by atoms with van der Waals surface area (Å²) >= 11 is 5.10. The summed E-state index contributed by atoms with van der Waals surface area (Å²) in [5.41, 5.74) is 0. The summed E-state index contributed by atoms with van der Waals surface area (Å²) in [6.45, 7) is 1.37. The second-order valence-electron chi connectivity index (χ2n) is 1.76. The van der Waals surface area contributed by atoms with Gasteiger partial charge in [-0.2, -0.15) is 0 Å². The van der Waals surface area contributed by atoms with Crippen LogP contribution in [0.2, 0.25) is 0 Å². The van der Waals surface area contributed by atoms with Crippen molar-refractivity contribution in [3.05, 3.63) is 0 Å². The van der Waals surface area contributed by atoms with Gasteiger partial charge in [0.2, 0.25) is 5.91 Å². The van der Waals surface area contributed by atoms with Crippen LogP contribution in [0.5, 0.6) is 0 Å². The van der Waals surface area contributed by atoms with E-state index in [9.17, 15) is 9.59 Å². The Morgan fingerprint density at radius 2 is 2.20 bits per heavy atom. The molecule has 10 heavy (non-hydrogen) atoms. The van der Waals surface area contributed by atoms with Gasteiger partial charge in [-0.3, -0.25) is 9.59 Å². The molecule has 0 bridgehead atoms. The molecule has 0 rings (SSSR count). The average Bonchev–Trinajstić information content (AvgIpc) is 1.87. The molecule has 0 saturated heterocycles. The predicted molar refractivity (Wildman–Crippen MR) is 36.0 cm³/mol. The van der Waals surface area contributed by atoms with Gasteiger partial charge in [-0.15, -0.1) is 11.6 Å². The van der Waals surface area contributed by atoms with Crippen LogP contribution in [0.3, 0.4) is 0 Å². The van der Waals surface area contributed by atoms with Gasteiger partial charge >= 0.3 is 5.97 Å². The molecule has 0 heterocycles. The van der Waals surface area contributed by atoms with E-state index >= 15 is 0 Å². The van der Waals surface area contributed by atoms with Gasteiger partial charge in [0.15, 0.2) is 0 Å². The first-order valence-corrected chi connectivity index (χ1v) is 3.19. The second kappa shape index (κ2) is 4.11. The maximum Gasteiger partial charge on any atom is 0.325 e. The fourth-order valence-electron chi connectivity index (χ4n) is 0.342. The molecule has 1 unspecified atom stereocenters. The monoisotopic (exact) mass is 165 g/mol. The lowest BCUT2D eigenvalue weighted by Gasteiger charge is -2.05. The van der Waals surface area contributed by atoms with Crippen LogP contribution in [0, 0.1) is 0 Å². The lowest BCUT2D eigenvalue weighted by molar-refractivity contribution is -0.140. The summed E-state index contributed by atoms with van der Waals surface area (Å²) in [5.74, 6) is -1.76. The number of aliphatic carboxylic acids is 1. The van der Waals surface area contributed by atoms with Crippen molar-refractivity contribution in [1.82, 2.24) is 5.32 Å². The minimum atomic E-state index is -1.07. The number of carbonyl (C=O) groups is 2. The first-order valence-electron chi connectivity index (χ1n) is 2.66. The van der Waals surface area contributed by atoms with Crippen LogP contribution in [0.4, 0.5) is 0 Å². The van der Waals surface area contributed by atoms with Crippen LogP contribution in [0.15, 0.2) is 0 Å². The number of carboxylic acid groups (broad SMARTS) is 1. The molecule has 0 saturated carbocycles. The zero-order valence-corrected chi connectivity index (χ0v) is 6.18. The van der Waals surface area contributed by atoms with Crippen molar-refractivity contribution in [1.29, 1.82) is 0 Å². The molecule has 0 spiro atoms. The van der Waals surface area contributed by atoms with Gasteiger partial charge in [-0.25, -0.2) is 0 Å². The number of carbonyl (C=O) groups excluding carboxylic acids is 1. The maximum atomic E-state index is 10.4. The van der Waals surface area contributed by atoms with Crippen molar-refractivity contribution in [2.24, 2.45) is 0 Å². The summed E-state index contributed by atoms with van der Waals surface area (Å²) in [7, 11) is 0. The molecule has 0 fully saturated rings. The Labute approximate surface area is 63.2 Å². The standard InChI is InChI=1S/C5H8ClNO3/c1-3(5(9)10)7-4(8)2-6/h3H,2H2,1H3,(H,7,8)(H,9,10). The maximum absolute atomic E-state index is 10.4. The van der Waals surface area contributed by atoms with E-state index in [-0.39, 0.29) is 5.88 Å². The number of alkyl halides is 1. The van der Waals surface area contributed by atoms with Crippen LogP contribution in [-0.2, 0) is 9.59 Å². The highest BCUT2D eigenvalue weighted by Crippen LogP contribution is 1.82. The molecule has 0 aromatic heterocycles. The highest BCUT2D eigenvalue weighted by Gasteiger charge is 2.11. The number of hydrogen-bond donors (Lipinski definition) is 2. The van der Waals surface area contributed by atoms with Gasteiger partial charge < -0.3 is 10.4 Å². The van der Waals surface area contributed by atoms with Gasteiger partial charge in [-0.1, -0.05) is 0 Å². The quantitative estimate of drug-likeness (QED) is 0.570. The summed E-state index contributed by atoms with van der Waals surface area (Å²) in [5, 5.41) is 10.4. The number of carboxylic acids is 1. The number of amides is 1. The van der Waals surface area contributed by atoms with Crippen LogP contribution >= 0.6 is 11.6 Å². The summed E-state index contributed by atoms with van der Waals surface area (Å²) in [4.78, 5) is 20.5. The lowest BCUT2D eigenvalue weighted by atomic mass is 10.3. The minimum absolute atomic E-state index is 0.211. The highest BCUT2D eigenvalue weighted by atomic mass is 35.5. The molecule has 0 aromatic rings. The Morgan fingerprint density at radius 3 is 2.50 bits per heavy atom. The molecule has 0 aromatic carbocycles. The Kier molecular flexibility index (Phi) is 3.79. The Morgan fingerprint density at radius 1 is 1.70 bits per heavy atom. The van der Waals surface area contributed by atoms with Crippen molar-refractivity contribution < 1.29 is 14.7 Å². The van der Waals surface area contributed by atoms with E-state index in [1.54, 1.807) is 0 Å². The van der Waals surface area contributed by atoms with E-state index in [2.05, 4.69) is 5.32 Å². The van der Waals surface area contributed by atoms with Gasteiger partial charge in [0.05, 0.1) is 0 Å². The molecule has 5 heteroatoms. The SMILES string of the molecule is CC(NC(=O)CCl)C(=O)O. The first kappa shape index (κ1) is 9.23. The predicted octanol–water partition coefficient (Wildman–Crippen LogP) is -0.186. The number of halogens is 1. The van der Waals surface area contributed by atoms with Crippen LogP contribution in [0.1, 0.15) is 6.92 Å². The minimum Gasteiger partial charge on any atom is -0.480 e. The summed E-state index contributed by atoms with van der Waals surface area (Å²) < 4.78 is 0. The molecule has 1 amide bonds. The average molecular weight is 166 g/mol. The van der Waals surface area contributed by atoms with E-state index in [1.165, 1.54) is 6.92 Å². The van der Waals surface area contributed by atoms with E-state index < -0.39 is 17.9 Å². The van der Waals surface area contributed by atoms with Gasteiger partial charge in [0.1, 0.15) is 11.9 Å². The Bertz CT molecular complexity index is 148. The molecule has 2 N–H and O–H groups in total. The topological polar surface area (TPSA) is 66.4 Å². The molecule has 0 aliphatic rings. The molecular formula is C5H8ClNO3. The fraction of sp³-hybridized carbons (Fsp3) is 0.600. The molecular weight excluding hydrogens is 158 g/mol. The number of nitrogens with one attached hydrogen (secondary N) is 1. The highest BCUT2D eigenvalue weighted by molar-refractivity contribution is 6.27. The van der Waals surface area contributed by atoms with E-state index in [0.29, 0.717) is 0 Å². The molecule has 4 nitrogen and oxygen atoms in total. The third kappa shape index (κ3) is 3.29. The van der Waals surface area contributed by atoms with Crippen LogP contribution in [0.25, 0.3) is 0 Å². The normalized spacial score (nSPS) is 12.2. The third-order valence-electron chi connectivity index (χ3n) is 0.869. The Hall–Kier alpha value is -0.770. The second-order valence-corrected chi connectivity index (χ2v) is 2.03. The van der Waals surface area contributed by atoms with E-state index in [1.807, 2.05) is 0 Å². The first-order chi connectivity index (χ1) is 4.57. The summed E-state index contributed by atoms with van der Waals surface area (Å²) in [6, 6.07) is -0.869. The molecule has 1 atom stereocenters. The van der Waals surface area contributed by atoms with Crippen molar-refractivity contribution in [2.75, 3.05) is 5.88 Å². The zero-order chi connectivity index (χ0) is 8.15. The molecule has 58 valence electrons. The van der Waals surface area contributed by atoms with Gasteiger partial charge in [0.25, 0.3) is 0 Å². The van der Waals surface area contributed by atoms with Gasteiger partial charge in [0, 0.05) is 0 Å².